The molecule has 0 radical (unpaired) electrons. The van der Waals surface area contributed by atoms with E-state index in [1.54, 1.807) is 26.3 Å². The molecule has 29 heavy (non-hydrogen) atoms. The molecule has 7 heteroatoms. The van der Waals surface area contributed by atoms with Crippen molar-refractivity contribution in [2.75, 3.05) is 27.2 Å². The molecule has 2 rings (SSSR count). The number of nitrogens with zero attached hydrogens (tertiary/aromatic N) is 2. The average Bonchev–Trinajstić information content (AvgIpc) is 2.72. The van der Waals surface area contributed by atoms with E-state index in [0.717, 1.165) is 49.1 Å². The van der Waals surface area contributed by atoms with E-state index < -0.39 is 0 Å². The Morgan fingerprint density at radius 3 is 2.62 bits per heavy atom. The summed E-state index contributed by atoms with van der Waals surface area (Å²) in [5.41, 5.74) is 1.05. The van der Waals surface area contributed by atoms with Gasteiger partial charge < -0.3 is 24.7 Å². The third-order valence-corrected chi connectivity index (χ3v) is 4.53. The van der Waals surface area contributed by atoms with Crippen molar-refractivity contribution < 1.29 is 9.47 Å². The second kappa shape index (κ2) is 11.8. The van der Waals surface area contributed by atoms with E-state index in [-0.39, 0.29) is 11.7 Å². The van der Waals surface area contributed by atoms with Crippen LogP contribution in [0.2, 0.25) is 0 Å². The highest BCUT2D eigenvalue weighted by atomic mass is 16.5. The van der Waals surface area contributed by atoms with Crippen LogP contribution < -0.4 is 25.7 Å². The number of nitrogens with one attached hydrogen (secondary N) is 2. The summed E-state index contributed by atoms with van der Waals surface area (Å²) in [5.74, 6) is 2.28. The van der Waals surface area contributed by atoms with Gasteiger partial charge in [-0.3, -0.25) is 9.79 Å². The molecular formula is C22H32N4O3. The average molecular weight is 401 g/mol. The Morgan fingerprint density at radius 1 is 1.14 bits per heavy atom. The van der Waals surface area contributed by atoms with E-state index in [1.165, 1.54) is 0 Å². The quantitative estimate of drug-likeness (QED) is 0.364. The Balaban J connectivity index is 1.67. The molecule has 2 N–H and O–H groups in total. The lowest BCUT2D eigenvalue weighted by Crippen LogP contribution is -2.42. The molecule has 0 bridgehead atoms. The normalized spacial score (nSPS) is 12.3. The fourth-order valence-electron chi connectivity index (χ4n) is 2.92. The molecule has 0 spiro atoms. The number of aryl methyl sites for hydroxylation is 1. The molecule has 0 saturated carbocycles. The first-order chi connectivity index (χ1) is 14.0. The van der Waals surface area contributed by atoms with Crippen molar-refractivity contribution in [2.45, 2.75) is 39.3 Å². The minimum atomic E-state index is -0.0337. The van der Waals surface area contributed by atoms with Crippen LogP contribution in [0.4, 0.5) is 0 Å². The minimum absolute atomic E-state index is 0.0337. The molecule has 0 aliphatic carbocycles. The van der Waals surface area contributed by atoms with E-state index in [4.69, 9.17) is 9.47 Å². The predicted molar refractivity (Wildman–Crippen MR) is 117 cm³/mol. The minimum Gasteiger partial charge on any atom is -0.497 e. The summed E-state index contributed by atoms with van der Waals surface area (Å²) in [6.45, 7) is 6.09. The number of ether oxygens (including phenoxy) is 2. The third kappa shape index (κ3) is 7.52. The number of benzene rings is 1. The van der Waals surface area contributed by atoms with Crippen LogP contribution in [0, 0.1) is 6.92 Å². The Morgan fingerprint density at radius 2 is 1.90 bits per heavy atom. The maximum atomic E-state index is 11.9. The molecule has 1 aromatic carbocycles. The molecule has 1 heterocycles. The number of guanidine groups is 1. The molecule has 0 aliphatic heterocycles. The standard InChI is InChI=1S/C22H32N4O3/c1-17-9-7-12-21(27)26(17)14-6-5-13-24-22(23-3)25-16-18(2)29-20-11-8-10-19(15-20)28-4/h7-12,15,18H,5-6,13-14,16H2,1-4H3,(H2,23,24,25). The number of methoxy groups -OCH3 is 1. The molecule has 7 nitrogen and oxygen atoms in total. The topological polar surface area (TPSA) is 76.9 Å². The zero-order valence-electron chi connectivity index (χ0n) is 17.8. The SMILES string of the molecule is CN=C(NCCCCn1c(C)cccc1=O)NCC(C)Oc1cccc(OC)c1. The first-order valence-corrected chi connectivity index (χ1v) is 9.95. The number of rotatable bonds is 10. The number of pyridine rings is 1. The van der Waals surface area contributed by atoms with Crippen LogP contribution in [-0.2, 0) is 6.54 Å². The fourth-order valence-corrected chi connectivity index (χ4v) is 2.92. The Hall–Kier alpha value is -2.96. The van der Waals surface area contributed by atoms with Crippen LogP contribution in [0.5, 0.6) is 11.5 Å². The lowest BCUT2D eigenvalue weighted by atomic mass is 10.3. The van der Waals surface area contributed by atoms with Gasteiger partial charge in [-0.15, -0.1) is 0 Å². The summed E-state index contributed by atoms with van der Waals surface area (Å²) in [5, 5.41) is 6.57. The van der Waals surface area contributed by atoms with E-state index in [9.17, 15) is 4.79 Å². The molecule has 158 valence electrons. The van der Waals surface area contributed by atoms with Gasteiger partial charge in [-0.05, 0) is 44.9 Å². The molecule has 1 aromatic heterocycles. The molecule has 0 amide bonds. The van der Waals surface area contributed by atoms with Crippen molar-refractivity contribution in [3.05, 3.63) is 58.5 Å². The van der Waals surface area contributed by atoms with Gasteiger partial charge in [0.05, 0.1) is 13.7 Å². The highest BCUT2D eigenvalue weighted by Gasteiger charge is 2.07. The van der Waals surface area contributed by atoms with Gasteiger partial charge in [-0.25, -0.2) is 0 Å². The number of aliphatic imine (C=N–C) groups is 1. The van der Waals surface area contributed by atoms with Crippen LogP contribution in [0.1, 0.15) is 25.5 Å². The van der Waals surface area contributed by atoms with Crippen LogP contribution in [0.3, 0.4) is 0 Å². The highest BCUT2D eigenvalue weighted by molar-refractivity contribution is 5.79. The lowest BCUT2D eigenvalue weighted by molar-refractivity contribution is 0.223. The molecule has 2 aromatic rings. The second-order valence-corrected chi connectivity index (χ2v) is 6.85. The van der Waals surface area contributed by atoms with E-state index in [1.807, 2.05) is 48.7 Å². The second-order valence-electron chi connectivity index (χ2n) is 6.85. The summed E-state index contributed by atoms with van der Waals surface area (Å²) in [6.07, 6.45) is 1.83. The van der Waals surface area contributed by atoms with Gasteiger partial charge >= 0.3 is 0 Å². The van der Waals surface area contributed by atoms with Crippen LogP contribution in [0.25, 0.3) is 0 Å². The fraction of sp³-hybridized carbons (Fsp3) is 0.455. The van der Waals surface area contributed by atoms with Gasteiger partial charge in [-0.1, -0.05) is 12.1 Å². The molecule has 0 saturated heterocycles. The van der Waals surface area contributed by atoms with E-state index in [0.29, 0.717) is 6.54 Å². The molecular weight excluding hydrogens is 368 g/mol. The Bertz CT molecular complexity index is 848. The number of aromatic nitrogens is 1. The summed E-state index contributed by atoms with van der Waals surface area (Å²) in [6, 6.07) is 12.9. The van der Waals surface area contributed by atoms with Crippen molar-refractivity contribution in [3.63, 3.8) is 0 Å². The zero-order valence-corrected chi connectivity index (χ0v) is 17.8. The summed E-state index contributed by atoms with van der Waals surface area (Å²) >= 11 is 0. The van der Waals surface area contributed by atoms with Crippen molar-refractivity contribution in [1.82, 2.24) is 15.2 Å². The molecule has 0 aliphatic rings. The van der Waals surface area contributed by atoms with E-state index >= 15 is 0 Å². The maximum Gasteiger partial charge on any atom is 0.250 e. The number of hydrogen-bond acceptors (Lipinski definition) is 4. The van der Waals surface area contributed by atoms with Crippen LogP contribution in [0.15, 0.2) is 52.3 Å². The largest absolute Gasteiger partial charge is 0.497 e. The number of hydrogen-bond donors (Lipinski definition) is 2. The van der Waals surface area contributed by atoms with Crippen molar-refractivity contribution in [2.24, 2.45) is 4.99 Å². The van der Waals surface area contributed by atoms with E-state index in [2.05, 4.69) is 15.6 Å². The summed E-state index contributed by atoms with van der Waals surface area (Å²) < 4.78 is 12.9. The van der Waals surface area contributed by atoms with Gasteiger partial charge in [0.1, 0.15) is 17.6 Å². The highest BCUT2D eigenvalue weighted by Crippen LogP contribution is 2.19. The third-order valence-electron chi connectivity index (χ3n) is 4.53. The zero-order chi connectivity index (χ0) is 21.1. The first-order valence-electron chi connectivity index (χ1n) is 9.95. The van der Waals surface area contributed by atoms with Gasteiger partial charge in [0.2, 0.25) is 0 Å². The van der Waals surface area contributed by atoms with Crippen molar-refractivity contribution >= 4 is 5.96 Å². The van der Waals surface area contributed by atoms with Crippen molar-refractivity contribution in [1.29, 1.82) is 0 Å². The molecule has 0 fully saturated rings. The monoisotopic (exact) mass is 400 g/mol. The summed E-state index contributed by atoms with van der Waals surface area (Å²) in [7, 11) is 3.38. The van der Waals surface area contributed by atoms with Gasteiger partial charge in [0.15, 0.2) is 5.96 Å². The van der Waals surface area contributed by atoms with Crippen LogP contribution in [-0.4, -0.2) is 43.9 Å². The van der Waals surface area contributed by atoms with Crippen LogP contribution >= 0.6 is 0 Å². The lowest BCUT2D eigenvalue weighted by Gasteiger charge is -2.18. The Labute approximate surface area is 172 Å². The predicted octanol–water partition coefficient (Wildman–Crippen LogP) is 2.58. The molecule has 1 atom stereocenters. The maximum absolute atomic E-state index is 11.9. The van der Waals surface area contributed by atoms with Gasteiger partial charge in [-0.2, -0.15) is 0 Å². The first kappa shape index (κ1) is 22.3. The van der Waals surface area contributed by atoms with Crippen molar-refractivity contribution in [3.8, 4) is 11.5 Å². The molecule has 1 unspecified atom stereocenters. The Kier molecular flexibility index (Phi) is 9.08. The van der Waals surface area contributed by atoms with Gasteiger partial charge in [0, 0.05) is 38.0 Å². The van der Waals surface area contributed by atoms with Gasteiger partial charge in [0.25, 0.3) is 5.56 Å². The smallest absolute Gasteiger partial charge is 0.250 e. The summed E-state index contributed by atoms with van der Waals surface area (Å²) in [4.78, 5) is 16.1. The number of unbranched alkanes of at least 4 members (excludes halogenated alkanes) is 1.